The molecule has 2 rings (SSSR count). The lowest BCUT2D eigenvalue weighted by atomic mass is 10.0. The molecule has 1 N–H and O–H groups in total. The predicted molar refractivity (Wildman–Crippen MR) is 71.8 cm³/mol. The van der Waals surface area contributed by atoms with Crippen molar-refractivity contribution in [2.45, 2.75) is 38.9 Å². The first-order chi connectivity index (χ1) is 9.32. The Bertz CT molecular complexity index is 473. The number of hydrogen-bond donors (Lipinski definition) is 1. The van der Waals surface area contributed by atoms with Crippen molar-refractivity contribution in [3.8, 4) is 0 Å². The Labute approximate surface area is 116 Å². The number of rotatable bonds is 3. The van der Waals surface area contributed by atoms with Crippen LogP contribution in [-0.2, 0) is 6.18 Å². The van der Waals surface area contributed by atoms with Gasteiger partial charge in [0.1, 0.15) is 5.82 Å². The largest absolute Gasteiger partial charge is 0.433 e. The number of anilines is 2. The zero-order valence-corrected chi connectivity index (χ0v) is 11.8. The molecule has 1 fully saturated rings. The van der Waals surface area contributed by atoms with Gasteiger partial charge in [-0.15, -0.1) is 0 Å². The maximum atomic E-state index is 12.9. The van der Waals surface area contributed by atoms with Gasteiger partial charge in [0.2, 0.25) is 5.95 Å². The fourth-order valence-electron chi connectivity index (χ4n) is 2.61. The van der Waals surface area contributed by atoms with Crippen LogP contribution in [0.5, 0.6) is 0 Å². The van der Waals surface area contributed by atoms with Crippen molar-refractivity contribution < 1.29 is 13.2 Å². The molecular weight excluding hydrogens is 269 g/mol. The quantitative estimate of drug-likeness (QED) is 0.927. The Morgan fingerprint density at radius 2 is 2.05 bits per heavy atom. The molecule has 0 aromatic carbocycles. The second kappa shape index (κ2) is 5.46. The summed E-state index contributed by atoms with van der Waals surface area (Å²) in [4.78, 5) is 9.64. The first kappa shape index (κ1) is 14.9. The lowest BCUT2D eigenvalue weighted by molar-refractivity contribution is -0.141. The van der Waals surface area contributed by atoms with E-state index in [-0.39, 0.29) is 12.0 Å². The van der Waals surface area contributed by atoms with Crippen molar-refractivity contribution >= 4 is 11.8 Å². The highest BCUT2D eigenvalue weighted by molar-refractivity contribution is 5.47. The van der Waals surface area contributed by atoms with Crippen molar-refractivity contribution in [1.82, 2.24) is 9.97 Å². The molecule has 1 aromatic heterocycles. The highest BCUT2D eigenvalue weighted by atomic mass is 19.4. The van der Waals surface area contributed by atoms with Gasteiger partial charge in [0.25, 0.3) is 0 Å². The standard InChI is InChI=1S/C13H19F3N4/c1-8(2)9-5-4-6-20(9)11-7-10(13(14,15)16)18-12(17-3)19-11/h7-9H,4-6H2,1-3H3,(H,17,18,19). The summed E-state index contributed by atoms with van der Waals surface area (Å²) in [5.74, 6) is 0.733. The van der Waals surface area contributed by atoms with Crippen LogP contribution in [0, 0.1) is 5.92 Å². The van der Waals surface area contributed by atoms with E-state index in [1.807, 2.05) is 4.90 Å². The van der Waals surface area contributed by atoms with Crippen LogP contribution in [-0.4, -0.2) is 29.6 Å². The predicted octanol–water partition coefficient (Wildman–Crippen LogP) is 3.16. The van der Waals surface area contributed by atoms with Crippen LogP contribution in [0.25, 0.3) is 0 Å². The molecule has 1 aliphatic heterocycles. The van der Waals surface area contributed by atoms with E-state index >= 15 is 0 Å². The molecule has 1 aliphatic rings. The average Bonchev–Trinajstić information content (AvgIpc) is 2.86. The maximum absolute atomic E-state index is 12.9. The minimum absolute atomic E-state index is 0.00392. The third-order valence-corrected chi connectivity index (χ3v) is 3.59. The van der Waals surface area contributed by atoms with Gasteiger partial charge in [-0.05, 0) is 18.8 Å². The molecule has 0 bridgehead atoms. The van der Waals surface area contributed by atoms with Crippen LogP contribution in [0.3, 0.4) is 0 Å². The second-order valence-electron chi connectivity index (χ2n) is 5.33. The number of hydrogen-bond acceptors (Lipinski definition) is 4. The summed E-state index contributed by atoms with van der Waals surface area (Å²) < 4.78 is 38.7. The summed E-state index contributed by atoms with van der Waals surface area (Å²) in [6.07, 6.45) is -2.50. The third kappa shape index (κ3) is 2.96. The summed E-state index contributed by atoms with van der Waals surface area (Å²) >= 11 is 0. The number of halogens is 3. The molecule has 7 heteroatoms. The van der Waals surface area contributed by atoms with Gasteiger partial charge in [-0.25, -0.2) is 4.98 Å². The molecule has 2 heterocycles. The van der Waals surface area contributed by atoms with Gasteiger partial charge in [0, 0.05) is 25.7 Å². The van der Waals surface area contributed by atoms with E-state index in [9.17, 15) is 13.2 Å². The van der Waals surface area contributed by atoms with Crippen molar-refractivity contribution in [3.05, 3.63) is 11.8 Å². The summed E-state index contributed by atoms with van der Waals surface area (Å²) in [6.45, 7) is 4.89. The molecule has 4 nitrogen and oxygen atoms in total. The zero-order valence-electron chi connectivity index (χ0n) is 11.8. The monoisotopic (exact) mass is 288 g/mol. The van der Waals surface area contributed by atoms with Gasteiger partial charge in [-0.1, -0.05) is 13.8 Å². The molecule has 0 saturated carbocycles. The molecule has 0 radical (unpaired) electrons. The van der Waals surface area contributed by atoms with Crippen molar-refractivity contribution in [1.29, 1.82) is 0 Å². The van der Waals surface area contributed by atoms with Gasteiger partial charge >= 0.3 is 6.18 Å². The fraction of sp³-hybridized carbons (Fsp3) is 0.692. The van der Waals surface area contributed by atoms with Gasteiger partial charge < -0.3 is 10.2 Å². The Morgan fingerprint density at radius 1 is 1.35 bits per heavy atom. The molecular formula is C13H19F3N4. The average molecular weight is 288 g/mol. The SMILES string of the molecule is CNc1nc(N2CCCC2C(C)C)cc(C(F)(F)F)n1. The summed E-state index contributed by atoms with van der Waals surface area (Å²) in [7, 11) is 1.52. The summed E-state index contributed by atoms with van der Waals surface area (Å²) in [5.41, 5.74) is -0.902. The van der Waals surface area contributed by atoms with Crippen LogP contribution in [0.1, 0.15) is 32.4 Å². The Hall–Kier alpha value is -1.53. The Kier molecular flexibility index (Phi) is 4.06. The molecule has 0 amide bonds. The Morgan fingerprint density at radius 3 is 2.60 bits per heavy atom. The van der Waals surface area contributed by atoms with Gasteiger partial charge in [0.05, 0.1) is 0 Å². The minimum atomic E-state index is -4.46. The van der Waals surface area contributed by atoms with Gasteiger partial charge in [-0.3, -0.25) is 0 Å². The lowest BCUT2D eigenvalue weighted by Gasteiger charge is -2.29. The normalized spacial score (nSPS) is 19.8. The van der Waals surface area contributed by atoms with Crippen molar-refractivity contribution in [2.24, 2.45) is 5.92 Å². The first-order valence-corrected chi connectivity index (χ1v) is 6.73. The summed E-state index contributed by atoms with van der Waals surface area (Å²) in [5, 5.41) is 2.60. The fourth-order valence-corrected chi connectivity index (χ4v) is 2.61. The lowest BCUT2D eigenvalue weighted by Crippen LogP contribution is -2.34. The molecule has 1 unspecified atom stereocenters. The van der Waals surface area contributed by atoms with Crippen molar-refractivity contribution in [3.63, 3.8) is 0 Å². The van der Waals surface area contributed by atoms with Crippen molar-refractivity contribution in [2.75, 3.05) is 23.8 Å². The smallest absolute Gasteiger partial charge is 0.357 e. The molecule has 1 saturated heterocycles. The summed E-state index contributed by atoms with van der Waals surface area (Å²) in [6, 6.07) is 1.28. The van der Waals surface area contributed by atoms with E-state index in [1.54, 1.807) is 0 Å². The van der Waals surface area contributed by atoms with Crippen LogP contribution < -0.4 is 10.2 Å². The molecule has 20 heavy (non-hydrogen) atoms. The van der Waals surface area contributed by atoms with E-state index in [2.05, 4.69) is 29.1 Å². The first-order valence-electron chi connectivity index (χ1n) is 6.73. The van der Waals surface area contributed by atoms with Crippen LogP contribution in [0.2, 0.25) is 0 Å². The number of alkyl halides is 3. The van der Waals surface area contributed by atoms with Gasteiger partial charge in [-0.2, -0.15) is 18.2 Å². The van der Waals surface area contributed by atoms with Crippen LogP contribution >= 0.6 is 0 Å². The van der Waals surface area contributed by atoms with Crippen LogP contribution in [0.15, 0.2) is 6.07 Å². The number of aromatic nitrogens is 2. The van der Waals surface area contributed by atoms with E-state index in [1.165, 1.54) is 7.05 Å². The van der Waals surface area contributed by atoms with Gasteiger partial charge in [0.15, 0.2) is 5.69 Å². The van der Waals surface area contributed by atoms with E-state index in [0.717, 1.165) is 25.5 Å². The van der Waals surface area contributed by atoms with Crippen LogP contribution in [0.4, 0.5) is 24.9 Å². The zero-order chi connectivity index (χ0) is 14.9. The molecule has 1 atom stereocenters. The highest BCUT2D eigenvalue weighted by Crippen LogP contribution is 2.34. The molecule has 0 aliphatic carbocycles. The molecule has 112 valence electrons. The van der Waals surface area contributed by atoms with E-state index in [4.69, 9.17) is 0 Å². The number of nitrogens with one attached hydrogen (secondary N) is 1. The molecule has 0 spiro atoms. The highest BCUT2D eigenvalue weighted by Gasteiger charge is 2.36. The Balaban J connectivity index is 2.40. The van der Waals surface area contributed by atoms with E-state index < -0.39 is 11.9 Å². The second-order valence-corrected chi connectivity index (χ2v) is 5.33. The number of nitrogens with zero attached hydrogens (tertiary/aromatic N) is 3. The van der Waals surface area contributed by atoms with E-state index in [0.29, 0.717) is 11.7 Å². The third-order valence-electron chi connectivity index (χ3n) is 3.59. The topological polar surface area (TPSA) is 41.1 Å². The minimum Gasteiger partial charge on any atom is -0.357 e. The molecule has 1 aromatic rings. The maximum Gasteiger partial charge on any atom is 0.433 e.